The molecule has 2 aromatic carbocycles. The first-order chi connectivity index (χ1) is 11.6. The van der Waals surface area contributed by atoms with Crippen molar-refractivity contribution >= 4 is 28.6 Å². The number of rotatable bonds is 5. The molecule has 0 aliphatic rings. The van der Waals surface area contributed by atoms with E-state index < -0.39 is 0 Å². The summed E-state index contributed by atoms with van der Waals surface area (Å²) in [6, 6.07) is 17.8. The molecule has 1 N–H and O–H groups in total. The number of para-hydroxylation sites is 1. The average Bonchev–Trinajstić information content (AvgIpc) is 2.62. The summed E-state index contributed by atoms with van der Waals surface area (Å²) in [6.07, 6.45) is 1.54. The van der Waals surface area contributed by atoms with E-state index in [0.29, 0.717) is 0 Å². The molecular formula is C19H19N3OS. The molecule has 2 unspecified atom stereocenters. The molecule has 0 spiro atoms. The summed E-state index contributed by atoms with van der Waals surface area (Å²) < 4.78 is 0. The first-order valence-electron chi connectivity index (χ1n) is 7.87. The van der Waals surface area contributed by atoms with Gasteiger partial charge >= 0.3 is 0 Å². The number of carbonyl (C=O) groups excluding carboxylic acids is 1. The van der Waals surface area contributed by atoms with Crippen LogP contribution in [0.5, 0.6) is 0 Å². The smallest absolute Gasteiger partial charge is 0.233 e. The third kappa shape index (κ3) is 3.74. The van der Waals surface area contributed by atoms with Gasteiger partial charge in [-0.2, -0.15) is 0 Å². The molecule has 3 rings (SSSR count). The van der Waals surface area contributed by atoms with Gasteiger partial charge in [-0.3, -0.25) is 4.79 Å². The maximum absolute atomic E-state index is 12.5. The summed E-state index contributed by atoms with van der Waals surface area (Å²) in [4.78, 5) is 21.1. The quantitative estimate of drug-likeness (QED) is 0.565. The van der Waals surface area contributed by atoms with E-state index in [1.54, 1.807) is 6.33 Å². The van der Waals surface area contributed by atoms with Crippen LogP contribution in [0.25, 0.3) is 10.9 Å². The van der Waals surface area contributed by atoms with Crippen LogP contribution in [0.1, 0.15) is 25.5 Å². The Kier molecular flexibility index (Phi) is 5.11. The number of fused-ring (bicyclic) bond motifs is 1. The highest BCUT2D eigenvalue weighted by molar-refractivity contribution is 8.00. The summed E-state index contributed by atoms with van der Waals surface area (Å²) >= 11 is 1.46. The molecule has 3 aromatic rings. The zero-order valence-electron chi connectivity index (χ0n) is 13.6. The highest BCUT2D eigenvalue weighted by Gasteiger charge is 2.19. The molecule has 5 heteroatoms. The van der Waals surface area contributed by atoms with Crippen molar-refractivity contribution in [3.05, 3.63) is 66.5 Å². The van der Waals surface area contributed by atoms with E-state index in [1.165, 1.54) is 11.8 Å². The Bertz CT molecular complexity index is 833. The zero-order chi connectivity index (χ0) is 16.9. The molecule has 0 saturated heterocycles. The standard InChI is InChI=1S/C19H19N3OS/c1-13(15-8-4-3-5-9-15)22-18(23)14(2)24-19-16-10-6-7-11-17(16)20-12-21-19/h3-14H,1-2H3,(H,22,23). The molecule has 0 aliphatic carbocycles. The SMILES string of the molecule is CC(Sc1ncnc2ccccc12)C(=O)NC(C)c1ccccc1. The van der Waals surface area contributed by atoms with Crippen molar-refractivity contribution in [2.75, 3.05) is 0 Å². The number of nitrogens with one attached hydrogen (secondary N) is 1. The molecule has 24 heavy (non-hydrogen) atoms. The van der Waals surface area contributed by atoms with Gasteiger partial charge in [0.2, 0.25) is 5.91 Å². The highest BCUT2D eigenvalue weighted by atomic mass is 32.2. The topological polar surface area (TPSA) is 54.9 Å². The van der Waals surface area contributed by atoms with Gasteiger partial charge in [0, 0.05) is 5.39 Å². The molecule has 2 atom stereocenters. The molecule has 0 fully saturated rings. The second-order valence-corrected chi connectivity index (χ2v) is 6.93. The van der Waals surface area contributed by atoms with E-state index in [4.69, 9.17) is 0 Å². The van der Waals surface area contributed by atoms with Crippen molar-refractivity contribution in [1.29, 1.82) is 0 Å². The van der Waals surface area contributed by atoms with Gasteiger partial charge in [-0.25, -0.2) is 9.97 Å². The monoisotopic (exact) mass is 337 g/mol. The molecule has 0 bridgehead atoms. The third-order valence-corrected chi connectivity index (χ3v) is 4.94. The Morgan fingerprint density at radius 2 is 1.71 bits per heavy atom. The van der Waals surface area contributed by atoms with Crippen LogP contribution in [0.15, 0.2) is 66.0 Å². The van der Waals surface area contributed by atoms with Gasteiger partial charge in [-0.05, 0) is 25.5 Å². The van der Waals surface area contributed by atoms with Gasteiger partial charge in [-0.1, -0.05) is 60.3 Å². The lowest BCUT2D eigenvalue weighted by atomic mass is 10.1. The van der Waals surface area contributed by atoms with Crippen LogP contribution in [0.2, 0.25) is 0 Å². The first-order valence-corrected chi connectivity index (χ1v) is 8.75. The summed E-state index contributed by atoms with van der Waals surface area (Å²) in [5.74, 6) is -0.000883. The van der Waals surface area contributed by atoms with Gasteiger partial charge in [0.05, 0.1) is 16.8 Å². The van der Waals surface area contributed by atoms with Crippen molar-refractivity contribution in [3.63, 3.8) is 0 Å². The van der Waals surface area contributed by atoms with Crippen LogP contribution in [0.3, 0.4) is 0 Å². The molecule has 0 aliphatic heterocycles. The number of carbonyl (C=O) groups is 1. The lowest BCUT2D eigenvalue weighted by Crippen LogP contribution is -2.33. The van der Waals surface area contributed by atoms with Crippen LogP contribution in [-0.4, -0.2) is 21.1 Å². The Hall–Kier alpha value is -2.40. The van der Waals surface area contributed by atoms with Crippen LogP contribution < -0.4 is 5.32 Å². The Morgan fingerprint density at radius 1 is 1.00 bits per heavy atom. The minimum absolute atomic E-state index is 0.000883. The van der Waals surface area contributed by atoms with Crippen molar-refractivity contribution in [2.45, 2.75) is 30.2 Å². The molecule has 1 amide bonds. The maximum Gasteiger partial charge on any atom is 0.233 e. The van der Waals surface area contributed by atoms with E-state index in [0.717, 1.165) is 21.5 Å². The van der Waals surface area contributed by atoms with Gasteiger partial charge in [0.25, 0.3) is 0 Å². The molecular weight excluding hydrogens is 318 g/mol. The highest BCUT2D eigenvalue weighted by Crippen LogP contribution is 2.28. The van der Waals surface area contributed by atoms with E-state index in [-0.39, 0.29) is 17.2 Å². The van der Waals surface area contributed by atoms with Gasteiger partial charge in [-0.15, -0.1) is 0 Å². The number of benzene rings is 2. The van der Waals surface area contributed by atoms with Gasteiger partial charge in [0.1, 0.15) is 11.4 Å². The number of aromatic nitrogens is 2. The molecule has 4 nitrogen and oxygen atoms in total. The van der Waals surface area contributed by atoms with E-state index >= 15 is 0 Å². The van der Waals surface area contributed by atoms with Gasteiger partial charge in [0.15, 0.2) is 0 Å². The average molecular weight is 337 g/mol. The van der Waals surface area contributed by atoms with Crippen LogP contribution in [-0.2, 0) is 4.79 Å². The fourth-order valence-corrected chi connectivity index (χ4v) is 3.37. The first kappa shape index (κ1) is 16.5. The van der Waals surface area contributed by atoms with Gasteiger partial charge < -0.3 is 5.32 Å². The maximum atomic E-state index is 12.5. The van der Waals surface area contributed by atoms with Crippen molar-refractivity contribution < 1.29 is 4.79 Å². The van der Waals surface area contributed by atoms with Crippen molar-refractivity contribution in [2.24, 2.45) is 0 Å². The largest absolute Gasteiger partial charge is 0.349 e. The number of hydrogen-bond donors (Lipinski definition) is 1. The second-order valence-electron chi connectivity index (χ2n) is 5.60. The summed E-state index contributed by atoms with van der Waals surface area (Å²) in [5, 5.41) is 4.62. The lowest BCUT2D eigenvalue weighted by Gasteiger charge is -2.17. The fraction of sp³-hybridized carbons (Fsp3) is 0.211. The zero-order valence-corrected chi connectivity index (χ0v) is 14.5. The number of nitrogens with zero attached hydrogens (tertiary/aromatic N) is 2. The van der Waals surface area contributed by atoms with Crippen LogP contribution in [0.4, 0.5) is 0 Å². The summed E-state index contributed by atoms with van der Waals surface area (Å²) in [5.41, 5.74) is 1.98. The number of hydrogen-bond acceptors (Lipinski definition) is 4. The Balaban J connectivity index is 1.70. The molecule has 1 heterocycles. The van der Waals surface area contributed by atoms with Crippen molar-refractivity contribution in [3.8, 4) is 0 Å². The van der Waals surface area contributed by atoms with Crippen LogP contribution in [0, 0.1) is 0 Å². The fourth-order valence-electron chi connectivity index (χ4n) is 2.45. The van der Waals surface area contributed by atoms with E-state index in [9.17, 15) is 4.79 Å². The van der Waals surface area contributed by atoms with E-state index in [1.807, 2.05) is 68.4 Å². The molecule has 0 saturated carbocycles. The number of amides is 1. The molecule has 1 aromatic heterocycles. The van der Waals surface area contributed by atoms with E-state index in [2.05, 4.69) is 15.3 Å². The summed E-state index contributed by atoms with van der Waals surface area (Å²) in [7, 11) is 0. The minimum atomic E-state index is -0.241. The van der Waals surface area contributed by atoms with Crippen LogP contribution >= 0.6 is 11.8 Å². The second kappa shape index (κ2) is 7.45. The summed E-state index contributed by atoms with van der Waals surface area (Å²) in [6.45, 7) is 3.89. The third-order valence-electron chi connectivity index (χ3n) is 3.82. The molecule has 122 valence electrons. The Labute approximate surface area is 145 Å². The minimum Gasteiger partial charge on any atom is -0.349 e. The predicted octanol–water partition coefficient (Wildman–Crippen LogP) is 3.99. The number of thioether (sulfide) groups is 1. The normalized spacial score (nSPS) is 13.4. The molecule has 0 radical (unpaired) electrons. The van der Waals surface area contributed by atoms with Crippen molar-refractivity contribution in [1.82, 2.24) is 15.3 Å². The lowest BCUT2D eigenvalue weighted by molar-refractivity contribution is -0.120. The Morgan fingerprint density at radius 3 is 2.50 bits per heavy atom. The predicted molar refractivity (Wildman–Crippen MR) is 97.9 cm³/mol.